The molecule has 40 heavy (non-hydrogen) atoms. The van der Waals surface area contributed by atoms with Crippen molar-refractivity contribution >= 4 is 11.9 Å². The first-order valence-corrected chi connectivity index (χ1v) is 16.5. The van der Waals surface area contributed by atoms with Crippen molar-refractivity contribution < 1.29 is 0 Å². The highest BCUT2D eigenvalue weighted by molar-refractivity contribution is 5.37. The van der Waals surface area contributed by atoms with Crippen molar-refractivity contribution in [3.05, 3.63) is 5.82 Å². The summed E-state index contributed by atoms with van der Waals surface area (Å²) >= 11 is 0. The summed E-state index contributed by atoms with van der Waals surface area (Å²) < 4.78 is 0. The van der Waals surface area contributed by atoms with E-state index in [4.69, 9.17) is 15.0 Å². The summed E-state index contributed by atoms with van der Waals surface area (Å²) in [6.07, 6.45) is 18.4. The predicted molar refractivity (Wildman–Crippen MR) is 171 cm³/mol. The Kier molecular flexibility index (Phi) is 11.7. The fraction of sp³-hybridized carbons (Fsp3) is 0.909. The highest BCUT2D eigenvalue weighted by Gasteiger charge is 2.39. The number of rotatable bonds is 15. The quantitative estimate of drug-likeness (QED) is 0.164. The summed E-state index contributed by atoms with van der Waals surface area (Å²) in [6.45, 7) is 20.6. The topological polar surface area (TPSA) is 86.8 Å². The smallest absolute Gasteiger partial charge is 0.227 e. The van der Waals surface area contributed by atoms with E-state index in [0.29, 0.717) is 12.1 Å². The van der Waals surface area contributed by atoms with E-state index in [0.717, 1.165) is 56.2 Å². The van der Waals surface area contributed by atoms with Gasteiger partial charge in [-0.15, -0.1) is 0 Å². The molecular weight excluding hydrogens is 494 g/mol. The molecule has 7 heteroatoms. The van der Waals surface area contributed by atoms with Gasteiger partial charge in [0.15, 0.2) is 0 Å². The van der Waals surface area contributed by atoms with Crippen molar-refractivity contribution in [3.8, 4) is 0 Å². The van der Waals surface area contributed by atoms with Crippen LogP contribution in [0.4, 0.5) is 11.9 Å². The highest BCUT2D eigenvalue weighted by Crippen LogP contribution is 2.32. The van der Waals surface area contributed by atoms with Crippen LogP contribution in [0, 0.1) is 0 Å². The Morgan fingerprint density at radius 3 is 1.27 bits per heavy atom. The van der Waals surface area contributed by atoms with Gasteiger partial charge in [-0.3, -0.25) is 0 Å². The van der Waals surface area contributed by atoms with Crippen LogP contribution in [-0.4, -0.2) is 49.2 Å². The summed E-state index contributed by atoms with van der Waals surface area (Å²) in [6, 6.07) is 0.645. The Morgan fingerprint density at radius 2 is 0.900 bits per heavy atom. The third kappa shape index (κ3) is 11.8. The van der Waals surface area contributed by atoms with Gasteiger partial charge in [-0.25, -0.2) is 0 Å². The van der Waals surface area contributed by atoms with Crippen molar-refractivity contribution in [2.24, 2.45) is 0 Å². The second-order valence-corrected chi connectivity index (χ2v) is 15.6. The van der Waals surface area contributed by atoms with E-state index < -0.39 is 0 Å². The standard InChI is InChI=1S/C33H63N7/c1-10-11-12-13-14-15-16-17-18-19-20-27-36-28(34-25-21-30(2,3)39-31(4,5)22-25)38-29(37-27)35-26-23-32(6,7)40-33(8,9)24-26/h25-26,39-40H,10-24H2,1-9H3,(H2,34,35,36,37,38). The first-order chi connectivity index (χ1) is 18.7. The van der Waals surface area contributed by atoms with Crippen LogP contribution in [0.15, 0.2) is 0 Å². The minimum absolute atomic E-state index is 0.0681. The first kappa shape index (κ1) is 33.0. The molecule has 0 spiro atoms. The van der Waals surface area contributed by atoms with Gasteiger partial charge in [0.05, 0.1) is 0 Å². The number of piperidine rings is 2. The molecule has 1 aromatic heterocycles. The van der Waals surface area contributed by atoms with Gasteiger partial charge >= 0.3 is 0 Å². The maximum absolute atomic E-state index is 4.94. The van der Waals surface area contributed by atoms with Crippen LogP contribution in [0.5, 0.6) is 0 Å². The van der Waals surface area contributed by atoms with Crippen LogP contribution in [0.3, 0.4) is 0 Å². The van der Waals surface area contributed by atoms with E-state index in [1.165, 1.54) is 57.8 Å². The van der Waals surface area contributed by atoms with Gasteiger partial charge in [0.25, 0.3) is 0 Å². The van der Waals surface area contributed by atoms with Crippen molar-refractivity contribution in [1.82, 2.24) is 25.6 Å². The molecule has 0 radical (unpaired) electrons. The molecule has 7 nitrogen and oxygen atoms in total. The van der Waals surface area contributed by atoms with Gasteiger partial charge in [0.1, 0.15) is 5.82 Å². The Balaban J connectivity index is 1.64. The van der Waals surface area contributed by atoms with Crippen LogP contribution < -0.4 is 21.3 Å². The lowest BCUT2D eigenvalue weighted by molar-refractivity contribution is 0.170. The van der Waals surface area contributed by atoms with E-state index in [9.17, 15) is 0 Å². The zero-order valence-corrected chi connectivity index (χ0v) is 27.6. The summed E-state index contributed by atoms with van der Waals surface area (Å²) in [5, 5.41) is 15.0. The van der Waals surface area contributed by atoms with E-state index in [2.05, 4.69) is 83.6 Å². The monoisotopic (exact) mass is 558 g/mol. The van der Waals surface area contributed by atoms with Gasteiger partial charge in [0.2, 0.25) is 11.9 Å². The van der Waals surface area contributed by atoms with Gasteiger partial charge in [-0.2, -0.15) is 15.0 Å². The molecule has 0 aromatic carbocycles. The molecule has 0 atom stereocenters. The molecule has 0 aliphatic carbocycles. The number of anilines is 2. The van der Waals surface area contributed by atoms with E-state index in [-0.39, 0.29) is 22.2 Å². The average Bonchev–Trinajstić information content (AvgIpc) is 2.76. The van der Waals surface area contributed by atoms with Crippen molar-refractivity contribution in [3.63, 3.8) is 0 Å². The molecule has 0 saturated carbocycles. The number of unbranched alkanes of at least 4 members (excludes halogenated alkanes) is 9. The molecule has 4 N–H and O–H groups in total. The molecule has 2 aliphatic rings. The zero-order valence-electron chi connectivity index (χ0n) is 27.6. The van der Waals surface area contributed by atoms with E-state index in [1.807, 2.05) is 0 Å². The van der Waals surface area contributed by atoms with Crippen LogP contribution >= 0.6 is 0 Å². The second kappa shape index (κ2) is 14.1. The van der Waals surface area contributed by atoms with E-state index >= 15 is 0 Å². The molecule has 2 saturated heterocycles. The highest BCUT2D eigenvalue weighted by atomic mass is 15.2. The van der Waals surface area contributed by atoms with Crippen molar-refractivity contribution in [2.45, 2.75) is 193 Å². The van der Waals surface area contributed by atoms with Gasteiger partial charge in [-0.05, 0) is 87.5 Å². The van der Waals surface area contributed by atoms with Gasteiger partial charge in [0, 0.05) is 40.7 Å². The molecule has 3 heterocycles. The fourth-order valence-electron chi connectivity index (χ4n) is 7.65. The Labute approximate surface area is 246 Å². The average molecular weight is 558 g/mol. The lowest BCUT2D eigenvalue weighted by atomic mass is 9.79. The van der Waals surface area contributed by atoms with Crippen molar-refractivity contribution in [1.29, 1.82) is 0 Å². The predicted octanol–water partition coefficient (Wildman–Crippen LogP) is 7.78. The van der Waals surface area contributed by atoms with Crippen molar-refractivity contribution in [2.75, 3.05) is 10.6 Å². The maximum Gasteiger partial charge on any atom is 0.227 e. The molecule has 0 bridgehead atoms. The van der Waals surface area contributed by atoms with Crippen LogP contribution in [0.25, 0.3) is 0 Å². The maximum atomic E-state index is 4.94. The summed E-state index contributed by atoms with van der Waals surface area (Å²) in [5.74, 6) is 2.37. The van der Waals surface area contributed by atoms with Gasteiger partial charge in [-0.1, -0.05) is 64.7 Å². The number of aromatic nitrogens is 3. The largest absolute Gasteiger partial charge is 0.351 e. The molecule has 230 valence electrons. The molecule has 3 rings (SSSR count). The molecule has 0 unspecified atom stereocenters. The molecule has 2 fully saturated rings. The normalized spacial score (nSPS) is 22.2. The van der Waals surface area contributed by atoms with Crippen LogP contribution in [0.1, 0.15) is 158 Å². The fourth-order valence-corrected chi connectivity index (χ4v) is 7.65. The van der Waals surface area contributed by atoms with Crippen LogP contribution in [0.2, 0.25) is 0 Å². The zero-order chi connectivity index (χ0) is 29.4. The number of nitrogens with zero attached hydrogens (tertiary/aromatic N) is 3. The lowest BCUT2D eigenvalue weighted by Crippen LogP contribution is -2.60. The second-order valence-electron chi connectivity index (χ2n) is 15.6. The van der Waals surface area contributed by atoms with Gasteiger partial charge < -0.3 is 21.3 Å². The minimum Gasteiger partial charge on any atom is -0.351 e. The Hall–Kier alpha value is -1.47. The van der Waals surface area contributed by atoms with E-state index in [1.54, 1.807) is 0 Å². The lowest BCUT2D eigenvalue weighted by Gasteiger charge is -2.46. The summed E-state index contributed by atoms with van der Waals surface area (Å²) in [7, 11) is 0. The van der Waals surface area contributed by atoms with Crippen LogP contribution in [-0.2, 0) is 6.42 Å². The number of hydrogen-bond acceptors (Lipinski definition) is 7. The Bertz CT molecular complexity index is 818. The molecule has 0 amide bonds. The number of aryl methyl sites for hydroxylation is 1. The number of hydrogen-bond donors (Lipinski definition) is 4. The number of nitrogens with one attached hydrogen (secondary N) is 4. The molecule has 1 aromatic rings. The SMILES string of the molecule is CCCCCCCCCCCCc1nc(NC2CC(C)(C)NC(C)(C)C2)nc(NC2CC(C)(C)NC(C)(C)C2)n1. The third-order valence-electron chi connectivity index (χ3n) is 8.48. The first-order valence-electron chi connectivity index (χ1n) is 16.5. The summed E-state index contributed by atoms with van der Waals surface area (Å²) in [5.41, 5.74) is 0.272. The summed E-state index contributed by atoms with van der Waals surface area (Å²) in [4.78, 5) is 14.8. The third-order valence-corrected chi connectivity index (χ3v) is 8.48. The molecule has 2 aliphatic heterocycles. The molecular formula is C33H63N7. The minimum atomic E-state index is 0.0681. The Morgan fingerprint density at radius 1 is 0.550 bits per heavy atom.